The van der Waals surface area contributed by atoms with Crippen LogP contribution in [0.2, 0.25) is 0 Å². The smallest absolute Gasteiger partial charge is 0.254 e. The molecular formula is C15H20FNO2. The van der Waals surface area contributed by atoms with Crippen molar-refractivity contribution in [1.29, 1.82) is 0 Å². The fraction of sp³-hybridized carbons (Fsp3) is 0.467. The number of Topliss-reactive ketones (excluding diaryl/α,β-unsaturated/α-hetero) is 1. The third-order valence-corrected chi connectivity index (χ3v) is 3.07. The quantitative estimate of drug-likeness (QED) is 0.889. The number of hydrogen-bond acceptors (Lipinski definition) is 2. The van der Waals surface area contributed by atoms with E-state index >= 15 is 0 Å². The summed E-state index contributed by atoms with van der Waals surface area (Å²) in [5, 5.41) is 2.60. The zero-order valence-electron chi connectivity index (χ0n) is 11.8. The van der Waals surface area contributed by atoms with Gasteiger partial charge >= 0.3 is 0 Å². The number of rotatable bonds is 5. The van der Waals surface area contributed by atoms with E-state index in [1.807, 2.05) is 20.8 Å². The molecular weight excluding hydrogens is 245 g/mol. The number of ketones is 1. The summed E-state index contributed by atoms with van der Waals surface area (Å²) in [4.78, 5) is 23.5. The van der Waals surface area contributed by atoms with E-state index in [0.29, 0.717) is 0 Å². The topological polar surface area (TPSA) is 46.2 Å². The fourth-order valence-electron chi connectivity index (χ4n) is 1.92. The molecule has 1 aromatic carbocycles. The van der Waals surface area contributed by atoms with E-state index < -0.39 is 17.8 Å². The lowest BCUT2D eigenvalue weighted by Gasteiger charge is -2.19. The van der Waals surface area contributed by atoms with Crippen LogP contribution in [0.15, 0.2) is 18.2 Å². The van der Waals surface area contributed by atoms with Crippen LogP contribution in [0.3, 0.4) is 0 Å². The predicted molar refractivity (Wildman–Crippen MR) is 72.6 cm³/mol. The number of benzene rings is 1. The second-order valence-electron chi connectivity index (χ2n) is 4.97. The van der Waals surface area contributed by atoms with Gasteiger partial charge in [-0.2, -0.15) is 0 Å². The van der Waals surface area contributed by atoms with Crippen LogP contribution in [-0.4, -0.2) is 17.7 Å². The van der Waals surface area contributed by atoms with E-state index in [0.717, 1.165) is 12.0 Å². The van der Waals surface area contributed by atoms with Gasteiger partial charge in [0.05, 0.1) is 11.6 Å². The Kier molecular flexibility index (Phi) is 5.21. The minimum Gasteiger partial charge on any atom is -0.342 e. The highest BCUT2D eigenvalue weighted by Gasteiger charge is 2.22. The molecule has 1 atom stereocenters. The lowest BCUT2D eigenvalue weighted by molar-refractivity contribution is -0.119. The first-order valence-corrected chi connectivity index (χ1v) is 6.46. The summed E-state index contributed by atoms with van der Waals surface area (Å²) < 4.78 is 13.7. The Bertz CT molecular complexity index is 483. The molecule has 1 rings (SSSR count). The fourth-order valence-corrected chi connectivity index (χ4v) is 1.92. The molecule has 19 heavy (non-hydrogen) atoms. The number of hydrogen-bond donors (Lipinski definition) is 1. The Morgan fingerprint density at radius 1 is 1.32 bits per heavy atom. The Labute approximate surface area is 113 Å². The minimum absolute atomic E-state index is 0.00810. The zero-order valence-corrected chi connectivity index (χ0v) is 11.8. The SMILES string of the molecule is CCc1ccc(F)c(C(=O)NC(C(C)=O)C(C)C)c1. The number of carbonyl (C=O) groups excluding carboxylic acids is 2. The highest BCUT2D eigenvalue weighted by atomic mass is 19.1. The van der Waals surface area contributed by atoms with E-state index in [2.05, 4.69) is 5.32 Å². The first-order valence-electron chi connectivity index (χ1n) is 6.46. The average Bonchev–Trinajstić information content (AvgIpc) is 2.35. The summed E-state index contributed by atoms with van der Waals surface area (Å²) >= 11 is 0. The van der Waals surface area contributed by atoms with Crippen LogP contribution < -0.4 is 5.32 Å². The van der Waals surface area contributed by atoms with Gasteiger partial charge in [-0.25, -0.2) is 4.39 Å². The second kappa shape index (κ2) is 6.45. The summed E-state index contributed by atoms with van der Waals surface area (Å²) in [6.07, 6.45) is 0.723. The van der Waals surface area contributed by atoms with Gasteiger partial charge in [-0.3, -0.25) is 9.59 Å². The van der Waals surface area contributed by atoms with E-state index in [9.17, 15) is 14.0 Å². The van der Waals surface area contributed by atoms with Gasteiger partial charge < -0.3 is 5.32 Å². The molecule has 0 fully saturated rings. The molecule has 1 amide bonds. The van der Waals surface area contributed by atoms with E-state index in [-0.39, 0.29) is 17.3 Å². The van der Waals surface area contributed by atoms with Crippen molar-refractivity contribution in [1.82, 2.24) is 5.32 Å². The van der Waals surface area contributed by atoms with Crippen LogP contribution in [0, 0.1) is 11.7 Å². The van der Waals surface area contributed by atoms with Gasteiger partial charge in [-0.1, -0.05) is 26.8 Å². The van der Waals surface area contributed by atoms with Crippen molar-refractivity contribution in [2.75, 3.05) is 0 Å². The molecule has 0 saturated carbocycles. The van der Waals surface area contributed by atoms with Crippen LogP contribution in [0.5, 0.6) is 0 Å². The molecule has 1 aromatic rings. The maximum Gasteiger partial charge on any atom is 0.254 e. The molecule has 1 N–H and O–H groups in total. The number of aryl methyl sites for hydroxylation is 1. The van der Waals surface area contributed by atoms with Crippen molar-refractivity contribution in [2.45, 2.75) is 40.2 Å². The molecule has 0 heterocycles. The van der Waals surface area contributed by atoms with Gasteiger partial charge in [0, 0.05) is 0 Å². The number of amides is 1. The van der Waals surface area contributed by atoms with Gasteiger partial charge in [0.15, 0.2) is 5.78 Å². The van der Waals surface area contributed by atoms with E-state index in [1.54, 1.807) is 6.07 Å². The lowest BCUT2D eigenvalue weighted by atomic mass is 10.00. The monoisotopic (exact) mass is 265 g/mol. The zero-order chi connectivity index (χ0) is 14.6. The molecule has 0 aliphatic heterocycles. The van der Waals surface area contributed by atoms with Crippen molar-refractivity contribution in [3.05, 3.63) is 35.1 Å². The Balaban J connectivity index is 2.97. The summed E-state index contributed by atoms with van der Waals surface area (Å²) in [5.41, 5.74) is 0.877. The standard InChI is InChI=1S/C15H20FNO2/c1-5-11-6-7-13(16)12(8-11)15(19)17-14(9(2)3)10(4)18/h6-9,14H,5H2,1-4H3,(H,17,19). The Hall–Kier alpha value is -1.71. The highest BCUT2D eigenvalue weighted by Crippen LogP contribution is 2.12. The number of carbonyl (C=O) groups is 2. The van der Waals surface area contributed by atoms with Gasteiger partial charge in [0.1, 0.15) is 5.82 Å². The maximum absolute atomic E-state index is 13.7. The second-order valence-corrected chi connectivity index (χ2v) is 4.97. The van der Waals surface area contributed by atoms with Crippen molar-refractivity contribution in [3.63, 3.8) is 0 Å². The largest absolute Gasteiger partial charge is 0.342 e. The van der Waals surface area contributed by atoms with Crippen LogP contribution in [-0.2, 0) is 11.2 Å². The first-order chi connectivity index (χ1) is 8.86. The summed E-state index contributed by atoms with van der Waals surface area (Å²) in [7, 11) is 0. The minimum atomic E-state index is -0.586. The van der Waals surface area contributed by atoms with Crippen LogP contribution in [0.1, 0.15) is 43.6 Å². The molecule has 0 spiro atoms. The van der Waals surface area contributed by atoms with Crippen molar-refractivity contribution < 1.29 is 14.0 Å². The average molecular weight is 265 g/mol. The predicted octanol–water partition coefficient (Wildman–Crippen LogP) is 2.73. The molecule has 0 saturated heterocycles. The number of halogens is 1. The normalized spacial score (nSPS) is 12.3. The molecule has 0 bridgehead atoms. The van der Waals surface area contributed by atoms with Crippen molar-refractivity contribution in [3.8, 4) is 0 Å². The van der Waals surface area contributed by atoms with Gasteiger partial charge in [0.25, 0.3) is 5.91 Å². The van der Waals surface area contributed by atoms with Crippen LogP contribution >= 0.6 is 0 Å². The molecule has 0 radical (unpaired) electrons. The van der Waals surface area contributed by atoms with Crippen LogP contribution in [0.25, 0.3) is 0 Å². The first kappa shape index (κ1) is 15.3. The van der Waals surface area contributed by atoms with Gasteiger partial charge in [-0.05, 0) is 37.0 Å². The highest BCUT2D eigenvalue weighted by molar-refractivity contribution is 5.97. The van der Waals surface area contributed by atoms with E-state index in [4.69, 9.17) is 0 Å². The van der Waals surface area contributed by atoms with E-state index in [1.165, 1.54) is 19.1 Å². The van der Waals surface area contributed by atoms with Crippen molar-refractivity contribution >= 4 is 11.7 Å². The molecule has 0 aliphatic rings. The van der Waals surface area contributed by atoms with Gasteiger partial charge in [-0.15, -0.1) is 0 Å². The summed E-state index contributed by atoms with van der Waals surface area (Å²) in [6.45, 7) is 7.03. The maximum atomic E-state index is 13.7. The molecule has 0 aliphatic carbocycles. The third-order valence-electron chi connectivity index (χ3n) is 3.07. The third kappa shape index (κ3) is 3.88. The Morgan fingerprint density at radius 2 is 1.95 bits per heavy atom. The molecule has 4 heteroatoms. The lowest BCUT2D eigenvalue weighted by Crippen LogP contribution is -2.43. The summed E-state index contributed by atoms with van der Waals surface area (Å²) in [5.74, 6) is -1.27. The van der Waals surface area contributed by atoms with Crippen molar-refractivity contribution in [2.24, 2.45) is 5.92 Å². The number of nitrogens with one attached hydrogen (secondary N) is 1. The molecule has 3 nitrogen and oxygen atoms in total. The molecule has 0 aromatic heterocycles. The summed E-state index contributed by atoms with van der Waals surface area (Å²) in [6, 6.07) is 3.88. The van der Waals surface area contributed by atoms with Crippen LogP contribution in [0.4, 0.5) is 4.39 Å². The van der Waals surface area contributed by atoms with Gasteiger partial charge in [0.2, 0.25) is 0 Å². The molecule has 104 valence electrons. The Morgan fingerprint density at radius 3 is 2.42 bits per heavy atom. The molecule has 1 unspecified atom stereocenters.